The number of nitrogens with zero attached hydrogens (tertiary/aromatic N) is 2. The highest BCUT2D eigenvalue weighted by atomic mass is 32.1. The molecule has 0 saturated heterocycles. The number of pyridine rings is 1. The molecular formula is C14H12FN3S. The molecule has 0 spiro atoms. The highest BCUT2D eigenvalue weighted by molar-refractivity contribution is 7.22. The van der Waals surface area contributed by atoms with Crippen LogP contribution >= 0.6 is 11.3 Å². The van der Waals surface area contributed by atoms with Gasteiger partial charge in [0.25, 0.3) is 0 Å². The minimum absolute atomic E-state index is 0.250. The largest absolute Gasteiger partial charge is 0.361 e. The van der Waals surface area contributed by atoms with E-state index in [0.717, 1.165) is 22.8 Å². The van der Waals surface area contributed by atoms with E-state index in [1.165, 1.54) is 29.0 Å². The summed E-state index contributed by atoms with van der Waals surface area (Å²) in [6.45, 7) is 0.786. The zero-order chi connectivity index (χ0) is 13.1. The van der Waals surface area contributed by atoms with Crippen LogP contribution in [0.5, 0.6) is 0 Å². The van der Waals surface area contributed by atoms with Crippen LogP contribution in [0.4, 0.5) is 9.52 Å². The molecule has 2 heterocycles. The minimum Gasteiger partial charge on any atom is -0.361 e. The van der Waals surface area contributed by atoms with Gasteiger partial charge in [-0.3, -0.25) is 4.98 Å². The Morgan fingerprint density at radius 3 is 3.05 bits per heavy atom. The summed E-state index contributed by atoms with van der Waals surface area (Å²) in [4.78, 5) is 8.43. The molecule has 0 bridgehead atoms. The summed E-state index contributed by atoms with van der Waals surface area (Å²) in [6.07, 6.45) is 4.51. The lowest BCUT2D eigenvalue weighted by Crippen LogP contribution is -2.04. The molecule has 0 unspecified atom stereocenters. The zero-order valence-corrected chi connectivity index (χ0v) is 11.0. The fourth-order valence-corrected chi connectivity index (χ4v) is 2.71. The summed E-state index contributed by atoms with van der Waals surface area (Å²) in [6, 6.07) is 8.64. The number of hydrogen-bond donors (Lipinski definition) is 1. The van der Waals surface area contributed by atoms with Gasteiger partial charge in [-0.1, -0.05) is 17.4 Å². The molecule has 96 valence electrons. The van der Waals surface area contributed by atoms with Crippen molar-refractivity contribution in [2.24, 2.45) is 0 Å². The quantitative estimate of drug-likeness (QED) is 0.790. The molecule has 5 heteroatoms. The normalized spacial score (nSPS) is 10.8. The molecule has 3 nitrogen and oxygen atoms in total. The minimum atomic E-state index is -0.250. The van der Waals surface area contributed by atoms with Gasteiger partial charge in [0, 0.05) is 25.0 Å². The zero-order valence-electron chi connectivity index (χ0n) is 10.1. The van der Waals surface area contributed by atoms with Gasteiger partial charge in [-0.2, -0.15) is 0 Å². The Balaban J connectivity index is 1.65. The number of thiazole rings is 1. The molecule has 0 saturated carbocycles. The molecule has 0 aliphatic carbocycles. The summed E-state index contributed by atoms with van der Waals surface area (Å²) in [5.41, 5.74) is 1.89. The van der Waals surface area contributed by atoms with Gasteiger partial charge in [-0.15, -0.1) is 0 Å². The Morgan fingerprint density at radius 2 is 2.21 bits per heavy atom. The molecule has 0 atom stereocenters. The number of hydrogen-bond acceptors (Lipinski definition) is 4. The number of fused-ring (bicyclic) bond motifs is 1. The fraction of sp³-hybridized carbons (Fsp3) is 0.143. The van der Waals surface area contributed by atoms with E-state index in [-0.39, 0.29) is 5.82 Å². The molecule has 19 heavy (non-hydrogen) atoms. The Hall–Kier alpha value is -2.01. The molecule has 0 radical (unpaired) electrons. The van der Waals surface area contributed by atoms with E-state index in [2.05, 4.69) is 15.3 Å². The number of halogens is 1. The maximum Gasteiger partial charge on any atom is 0.183 e. The molecule has 0 amide bonds. The van der Waals surface area contributed by atoms with Crippen LogP contribution in [0, 0.1) is 5.82 Å². The van der Waals surface area contributed by atoms with E-state index in [4.69, 9.17) is 0 Å². The SMILES string of the molecule is Fc1ccc2sc(NCCc3cccnc3)nc2c1. The predicted octanol–water partition coefficient (Wildman–Crippen LogP) is 3.49. The first-order chi connectivity index (χ1) is 9.31. The highest BCUT2D eigenvalue weighted by Gasteiger charge is 2.04. The summed E-state index contributed by atoms with van der Waals surface area (Å²) in [7, 11) is 0. The third-order valence-corrected chi connectivity index (χ3v) is 3.76. The second kappa shape index (κ2) is 5.32. The molecule has 0 aliphatic rings. The van der Waals surface area contributed by atoms with Crippen molar-refractivity contribution in [1.82, 2.24) is 9.97 Å². The number of rotatable bonds is 4. The van der Waals surface area contributed by atoms with Gasteiger partial charge in [-0.25, -0.2) is 9.37 Å². The van der Waals surface area contributed by atoms with Gasteiger partial charge in [0.15, 0.2) is 5.13 Å². The Morgan fingerprint density at radius 1 is 1.26 bits per heavy atom. The molecule has 2 aromatic heterocycles. The van der Waals surface area contributed by atoms with Crippen LogP contribution < -0.4 is 5.32 Å². The van der Waals surface area contributed by atoms with Gasteiger partial charge in [0.1, 0.15) is 5.82 Å². The van der Waals surface area contributed by atoms with E-state index >= 15 is 0 Å². The lowest BCUT2D eigenvalue weighted by atomic mass is 10.2. The second-order valence-corrected chi connectivity index (χ2v) is 5.20. The van der Waals surface area contributed by atoms with Crippen molar-refractivity contribution in [1.29, 1.82) is 0 Å². The molecule has 3 rings (SSSR count). The standard InChI is InChI=1S/C14H12FN3S/c15-11-3-4-13-12(8-11)18-14(19-13)17-7-5-10-2-1-6-16-9-10/h1-4,6,8-9H,5,7H2,(H,17,18). The van der Waals surface area contributed by atoms with Gasteiger partial charge in [0.05, 0.1) is 10.2 Å². The number of anilines is 1. The van der Waals surface area contributed by atoms with Crippen molar-refractivity contribution in [3.05, 3.63) is 54.1 Å². The van der Waals surface area contributed by atoms with Crippen LogP contribution in [0.15, 0.2) is 42.7 Å². The van der Waals surface area contributed by atoms with Crippen molar-refractivity contribution >= 4 is 26.7 Å². The third-order valence-electron chi connectivity index (χ3n) is 2.76. The first-order valence-electron chi connectivity index (χ1n) is 6.00. The molecule has 0 fully saturated rings. The van der Waals surface area contributed by atoms with Crippen molar-refractivity contribution in [3.8, 4) is 0 Å². The maximum absolute atomic E-state index is 13.1. The molecule has 1 N–H and O–H groups in total. The second-order valence-electron chi connectivity index (χ2n) is 4.17. The fourth-order valence-electron chi connectivity index (χ4n) is 1.84. The lowest BCUT2D eigenvalue weighted by Gasteiger charge is -2.01. The third kappa shape index (κ3) is 2.88. The Kier molecular flexibility index (Phi) is 3.37. The van der Waals surface area contributed by atoms with Gasteiger partial charge >= 0.3 is 0 Å². The van der Waals surface area contributed by atoms with Crippen LogP contribution in [0.25, 0.3) is 10.2 Å². The van der Waals surface area contributed by atoms with Crippen molar-refractivity contribution in [2.45, 2.75) is 6.42 Å². The van der Waals surface area contributed by atoms with Crippen molar-refractivity contribution in [3.63, 3.8) is 0 Å². The van der Waals surface area contributed by atoms with Crippen LogP contribution in [0.3, 0.4) is 0 Å². The predicted molar refractivity (Wildman–Crippen MR) is 76.0 cm³/mol. The van der Waals surface area contributed by atoms with E-state index in [1.807, 2.05) is 18.3 Å². The van der Waals surface area contributed by atoms with Crippen LogP contribution in [-0.4, -0.2) is 16.5 Å². The monoisotopic (exact) mass is 273 g/mol. The summed E-state index contributed by atoms with van der Waals surface area (Å²) in [5.74, 6) is -0.250. The van der Waals surface area contributed by atoms with Crippen LogP contribution in [0.1, 0.15) is 5.56 Å². The summed E-state index contributed by atoms with van der Waals surface area (Å²) in [5, 5.41) is 4.08. The number of aromatic nitrogens is 2. The molecule has 1 aromatic carbocycles. The average Bonchev–Trinajstić information content (AvgIpc) is 2.82. The van der Waals surface area contributed by atoms with E-state index in [9.17, 15) is 4.39 Å². The summed E-state index contributed by atoms with van der Waals surface area (Å²) >= 11 is 1.54. The van der Waals surface area contributed by atoms with E-state index in [1.54, 1.807) is 12.3 Å². The Labute approximate surface area is 114 Å². The first kappa shape index (κ1) is 12.0. The first-order valence-corrected chi connectivity index (χ1v) is 6.82. The average molecular weight is 273 g/mol. The van der Waals surface area contributed by atoms with E-state index in [0.29, 0.717) is 5.52 Å². The van der Waals surface area contributed by atoms with Gasteiger partial charge < -0.3 is 5.32 Å². The smallest absolute Gasteiger partial charge is 0.183 e. The molecule has 0 aliphatic heterocycles. The highest BCUT2D eigenvalue weighted by Crippen LogP contribution is 2.26. The van der Waals surface area contributed by atoms with Crippen molar-refractivity contribution in [2.75, 3.05) is 11.9 Å². The topological polar surface area (TPSA) is 37.8 Å². The molecule has 3 aromatic rings. The lowest BCUT2D eigenvalue weighted by molar-refractivity contribution is 0.629. The van der Waals surface area contributed by atoms with Crippen LogP contribution in [-0.2, 0) is 6.42 Å². The number of nitrogens with one attached hydrogen (secondary N) is 1. The van der Waals surface area contributed by atoms with E-state index < -0.39 is 0 Å². The van der Waals surface area contributed by atoms with Crippen molar-refractivity contribution < 1.29 is 4.39 Å². The Bertz CT molecular complexity index is 681. The molecular weight excluding hydrogens is 261 g/mol. The maximum atomic E-state index is 13.1. The number of benzene rings is 1. The van der Waals surface area contributed by atoms with Gasteiger partial charge in [-0.05, 0) is 30.2 Å². The van der Waals surface area contributed by atoms with Crippen LogP contribution in [0.2, 0.25) is 0 Å². The van der Waals surface area contributed by atoms with Gasteiger partial charge in [0.2, 0.25) is 0 Å². The summed E-state index contributed by atoms with van der Waals surface area (Å²) < 4.78 is 14.0.